The molecule has 1 aromatic carbocycles. The number of hydrogen-bond acceptors (Lipinski definition) is 8. The largest absolute Gasteiger partial charge is 0.396 e. The minimum absolute atomic E-state index is 0.0208. The first-order valence-electron chi connectivity index (χ1n) is 10.1. The van der Waals surface area contributed by atoms with E-state index in [0.29, 0.717) is 41.6 Å². The molecule has 31 heavy (non-hydrogen) atoms. The molecule has 0 unspecified atom stereocenters. The molecule has 0 atom stereocenters. The van der Waals surface area contributed by atoms with Gasteiger partial charge in [0.25, 0.3) is 0 Å². The minimum atomic E-state index is -3.50. The Kier molecular flexibility index (Phi) is 7.42. The smallest absolute Gasteiger partial charge is 0.170 e. The third-order valence-corrected chi connectivity index (χ3v) is 8.22. The molecule has 168 valence electrons. The summed E-state index contributed by atoms with van der Waals surface area (Å²) in [6.07, 6.45) is 1.96. The average molecular weight is 466 g/mol. The number of hydrogen-bond donors (Lipinski definition) is 5. The van der Waals surface area contributed by atoms with Crippen molar-refractivity contribution in [1.29, 1.82) is 0 Å². The molecule has 9 nitrogen and oxygen atoms in total. The van der Waals surface area contributed by atoms with Crippen LogP contribution in [0.1, 0.15) is 31.4 Å². The van der Waals surface area contributed by atoms with Gasteiger partial charge in [0.1, 0.15) is 10.6 Å². The molecule has 1 heterocycles. The Bertz CT molecular complexity index is 1020. The minimum Gasteiger partial charge on any atom is -0.396 e. The van der Waals surface area contributed by atoms with Crippen LogP contribution in [0.25, 0.3) is 11.4 Å². The van der Waals surface area contributed by atoms with E-state index in [4.69, 9.17) is 28.2 Å². The van der Waals surface area contributed by atoms with Crippen LogP contribution in [-0.4, -0.2) is 59.2 Å². The van der Waals surface area contributed by atoms with E-state index in [-0.39, 0.29) is 31.2 Å². The van der Waals surface area contributed by atoms with Crippen LogP contribution in [0.4, 0.5) is 11.5 Å². The summed E-state index contributed by atoms with van der Waals surface area (Å²) in [5.74, 6) is 0.472. The number of aliphatic hydroxyl groups excluding tert-OH is 2. The first-order valence-corrected chi connectivity index (χ1v) is 12.1. The summed E-state index contributed by atoms with van der Waals surface area (Å²) < 4.78 is 25.0. The monoisotopic (exact) mass is 465 g/mol. The maximum Gasteiger partial charge on any atom is 0.170 e. The number of benzene rings is 1. The number of aromatic nitrogens is 2. The third-order valence-electron chi connectivity index (χ3n) is 5.34. The molecule has 3 rings (SSSR count). The van der Waals surface area contributed by atoms with Gasteiger partial charge < -0.3 is 26.6 Å². The molecule has 0 aliphatic heterocycles. The first-order chi connectivity index (χ1) is 14.8. The third kappa shape index (κ3) is 5.12. The highest BCUT2D eigenvalue weighted by Crippen LogP contribution is 2.48. The van der Waals surface area contributed by atoms with Gasteiger partial charge in [0.05, 0.1) is 18.1 Å². The Morgan fingerprint density at radius 1 is 1.16 bits per heavy atom. The van der Waals surface area contributed by atoms with Crippen LogP contribution in [0.15, 0.2) is 30.3 Å². The predicted octanol–water partition coefficient (Wildman–Crippen LogP) is 1.18. The Morgan fingerprint density at radius 3 is 2.45 bits per heavy atom. The van der Waals surface area contributed by atoms with Gasteiger partial charge in [-0.05, 0) is 62.2 Å². The molecule has 11 heteroatoms. The molecule has 0 saturated heterocycles. The zero-order chi connectivity index (χ0) is 22.5. The van der Waals surface area contributed by atoms with E-state index in [0.717, 1.165) is 12.1 Å². The summed E-state index contributed by atoms with van der Waals surface area (Å²) in [4.78, 5) is 8.88. The van der Waals surface area contributed by atoms with Gasteiger partial charge in [-0.1, -0.05) is 0 Å². The van der Waals surface area contributed by atoms with E-state index < -0.39 is 14.6 Å². The number of nitrogens with one attached hydrogen (secondary N) is 2. The van der Waals surface area contributed by atoms with Gasteiger partial charge in [-0.25, -0.2) is 18.4 Å². The molecular weight excluding hydrogens is 438 g/mol. The van der Waals surface area contributed by atoms with Crippen LogP contribution in [-0.2, 0) is 14.6 Å². The summed E-state index contributed by atoms with van der Waals surface area (Å²) in [5, 5.41) is 24.2. The fourth-order valence-electron chi connectivity index (χ4n) is 3.55. The SMILES string of the molecule is Nc1cc(C2(S(=O)(=O)CCCO)CCC2)nc(-c2ccc(NC(=S)NCCO)cc2)n1. The van der Waals surface area contributed by atoms with Gasteiger partial charge in [-0.3, -0.25) is 0 Å². The number of nitrogens with two attached hydrogens (primary N) is 1. The fraction of sp³-hybridized carbons (Fsp3) is 0.450. The molecule has 1 aromatic heterocycles. The zero-order valence-electron chi connectivity index (χ0n) is 17.0. The van der Waals surface area contributed by atoms with E-state index in [2.05, 4.69) is 20.6 Å². The molecular formula is C20H27N5O4S2. The molecule has 6 N–H and O–H groups in total. The van der Waals surface area contributed by atoms with Crippen LogP contribution in [0.2, 0.25) is 0 Å². The van der Waals surface area contributed by atoms with Gasteiger partial charge in [0, 0.05) is 30.5 Å². The van der Waals surface area contributed by atoms with Gasteiger partial charge in [0.15, 0.2) is 20.8 Å². The topological polar surface area (TPSA) is 150 Å². The summed E-state index contributed by atoms with van der Waals surface area (Å²) in [7, 11) is -3.50. The first kappa shape index (κ1) is 23.3. The summed E-state index contributed by atoms with van der Waals surface area (Å²) in [6.45, 7) is 0.158. The summed E-state index contributed by atoms with van der Waals surface area (Å²) in [6, 6.07) is 8.73. The van der Waals surface area contributed by atoms with Crippen molar-refractivity contribution >= 4 is 38.7 Å². The highest BCUT2D eigenvalue weighted by molar-refractivity contribution is 7.92. The van der Waals surface area contributed by atoms with Gasteiger partial charge in [0.2, 0.25) is 0 Å². The van der Waals surface area contributed by atoms with E-state index in [1.54, 1.807) is 30.3 Å². The van der Waals surface area contributed by atoms with E-state index in [1.165, 1.54) is 0 Å². The molecule has 1 fully saturated rings. The van der Waals surface area contributed by atoms with Crippen LogP contribution < -0.4 is 16.4 Å². The van der Waals surface area contributed by atoms with Crippen LogP contribution in [0.5, 0.6) is 0 Å². The molecule has 1 saturated carbocycles. The predicted molar refractivity (Wildman–Crippen MR) is 124 cm³/mol. The van der Waals surface area contributed by atoms with E-state index >= 15 is 0 Å². The normalized spacial score (nSPS) is 15.2. The lowest BCUT2D eigenvalue weighted by atomic mass is 9.81. The van der Waals surface area contributed by atoms with Crippen molar-refractivity contribution in [1.82, 2.24) is 15.3 Å². The van der Waals surface area contributed by atoms with Gasteiger partial charge in [-0.15, -0.1) is 0 Å². The van der Waals surface area contributed by atoms with Crippen molar-refractivity contribution in [3.63, 3.8) is 0 Å². The second-order valence-corrected chi connectivity index (χ2v) is 10.3. The second-order valence-electron chi connectivity index (χ2n) is 7.43. The zero-order valence-corrected chi connectivity index (χ0v) is 18.7. The lowest BCUT2D eigenvalue weighted by Gasteiger charge is -2.40. The molecule has 2 aromatic rings. The maximum absolute atomic E-state index is 13.0. The molecule has 1 aliphatic carbocycles. The van der Waals surface area contributed by atoms with Crippen molar-refractivity contribution in [3.05, 3.63) is 36.0 Å². The Hall–Kier alpha value is -2.34. The summed E-state index contributed by atoms with van der Waals surface area (Å²) in [5.41, 5.74) is 7.86. The Labute approximate surface area is 187 Å². The summed E-state index contributed by atoms with van der Waals surface area (Å²) >= 11 is 5.14. The van der Waals surface area contributed by atoms with Crippen molar-refractivity contribution < 1.29 is 18.6 Å². The quantitative estimate of drug-likeness (QED) is 0.342. The molecule has 1 aliphatic rings. The second kappa shape index (κ2) is 9.86. The van der Waals surface area contributed by atoms with Crippen molar-refractivity contribution in [2.45, 2.75) is 30.4 Å². The van der Waals surface area contributed by atoms with Crippen LogP contribution >= 0.6 is 12.2 Å². The molecule has 0 spiro atoms. The molecule has 0 amide bonds. The van der Waals surface area contributed by atoms with Crippen molar-refractivity contribution in [2.24, 2.45) is 0 Å². The number of rotatable bonds is 9. The van der Waals surface area contributed by atoms with E-state index in [1.807, 2.05) is 0 Å². The number of aliphatic hydroxyl groups is 2. The van der Waals surface area contributed by atoms with Gasteiger partial charge in [-0.2, -0.15) is 0 Å². The number of thiocarbonyl (C=S) groups is 1. The fourth-order valence-corrected chi connectivity index (χ4v) is 6.00. The number of nitrogen functional groups attached to an aromatic ring is 1. The highest BCUT2D eigenvalue weighted by Gasteiger charge is 2.51. The van der Waals surface area contributed by atoms with Crippen molar-refractivity contribution in [2.75, 3.05) is 36.6 Å². The van der Waals surface area contributed by atoms with Crippen molar-refractivity contribution in [3.8, 4) is 11.4 Å². The van der Waals surface area contributed by atoms with Crippen LogP contribution in [0, 0.1) is 0 Å². The van der Waals surface area contributed by atoms with E-state index in [9.17, 15) is 8.42 Å². The number of anilines is 2. The molecule has 0 bridgehead atoms. The molecule has 0 radical (unpaired) electrons. The number of nitrogens with zero attached hydrogens (tertiary/aromatic N) is 2. The lowest BCUT2D eigenvalue weighted by Crippen LogP contribution is -2.44. The number of sulfone groups is 1. The Balaban J connectivity index is 1.87. The van der Waals surface area contributed by atoms with Gasteiger partial charge >= 0.3 is 0 Å². The standard InChI is InChI=1S/C20H27N5O4S2/c21-17-13-16(20(7-1-8-20)31(28,29)12-2-10-26)24-18(25-17)14-3-5-15(6-4-14)23-19(30)22-9-11-27/h3-6,13,26-27H,1-2,7-12H2,(H2,21,24,25)(H2,22,23,30). The lowest BCUT2D eigenvalue weighted by molar-refractivity contribution is 0.292. The van der Waals surface area contributed by atoms with Crippen LogP contribution in [0.3, 0.4) is 0 Å². The highest BCUT2D eigenvalue weighted by atomic mass is 32.2. The maximum atomic E-state index is 13.0. The Morgan fingerprint density at radius 2 is 1.87 bits per heavy atom. The average Bonchev–Trinajstić information content (AvgIpc) is 2.70.